The zero-order chi connectivity index (χ0) is 10.8. The summed E-state index contributed by atoms with van der Waals surface area (Å²) in [5, 5.41) is 0. The van der Waals surface area contributed by atoms with Gasteiger partial charge in [0.1, 0.15) is 0 Å². The van der Waals surface area contributed by atoms with Crippen molar-refractivity contribution in [3.63, 3.8) is 0 Å². The van der Waals surface area contributed by atoms with Gasteiger partial charge in [-0.05, 0) is 11.8 Å². The molecule has 0 spiro atoms. The predicted octanol–water partition coefficient (Wildman–Crippen LogP) is 1.49. The van der Waals surface area contributed by atoms with Crippen LogP contribution in [-0.4, -0.2) is 25.2 Å². The number of isocyanates is 2. The second-order valence-corrected chi connectivity index (χ2v) is 3.20. The lowest BCUT2D eigenvalue weighted by Gasteiger charge is -2.02. The van der Waals surface area contributed by atoms with Gasteiger partial charge in [0.2, 0.25) is 12.2 Å². The SMILES string of the molecule is CC(/C=C/C(C)CN=C=O)CN=C=O. The summed E-state index contributed by atoms with van der Waals surface area (Å²) in [4.78, 5) is 26.6. The molecule has 0 aliphatic rings. The molecule has 14 heavy (non-hydrogen) atoms. The van der Waals surface area contributed by atoms with Gasteiger partial charge < -0.3 is 0 Å². The van der Waals surface area contributed by atoms with E-state index in [4.69, 9.17) is 0 Å². The molecule has 0 aromatic carbocycles. The van der Waals surface area contributed by atoms with Gasteiger partial charge in [-0.3, -0.25) is 0 Å². The molecule has 0 aromatic heterocycles. The Morgan fingerprint density at radius 3 is 1.64 bits per heavy atom. The fraction of sp³-hybridized carbons (Fsp3) is 0.600. The minimum absolute atomic E-state index is 0.208. The van der Waals surface area contributed by atoms with Crippen LogP contribution in [0.4, 0.5) is 0 Å². The van der Waals surface area contributed by atoms with Crippen LogP contribution in [0.25, 0.3) is 0 Å². The highest BCUT2D eigenvalue weighted by molar-refractivity contribution is 5.33. The number of rotatable bonds is 6. The average molecular weight is 194 g/mol. The fourth-order valence-electron chi connectivity index (χ4n) is 0.864. The zero-order valence-corrected chi connectivity index (χ0v) is 8.43. The van der Waals surface area contributed by atoms with E-state index in [0.29, 0.717) is 13.1 Å². The molecule has 0 aliphatic carbocycles. The number of carbonyl (C=O) groups excluding carboxylic acids is 2. The highest BCUT2D eigenvalue weighted by atomic mass is 16.1. The van der Waals surface area contributed by atoms with Gasteiger partial charge in [-0.1, -0.05) is 26.0 Å². The van der Waals surface area contributed by atoms with Crippen LogP contribution >= 0.6 is 0 Å². The Kier molecular flexibility index (Phi) is 7.24. The smallest absolute Gasteiger partial charge is 0.211 e. The van der Waals surface area contributed by atoms with E-state index in [1.54, 1.807) is 0 Å². The van der Waals surface area contributed by atoms with E-state index in [1.807, 2.05) is 26.0 Å². The summed E-state index contributed by atoms with van der Waals surface area (Å²) >= 11 is 0. The van der Waals surface area contributed by atoms with Crippen LogP contribution < -0.4 is 0 Å². The lowest BCUT2D eigenvalue weighted by atomic mass is 10.1. The normalized spacial score (nSPS) is 14.1. The maximum Gasteiger partial charge on any atom is 0.234 e. The third-order valence-electron chi connectivity index (χ3n) is 1.66. The van der Waals surface area contributed by atoms with Crippen molar-refractivity contribution in [2.24, 2.45) is 21.8 Å². The number of nitrogens with zero attached hydrogens (tertiary/aromatic N) is 2. The second kappa shape index (κ2) is 8.11. The van der Waals surface area contributed by atoms with Gasteiger partial charge in [-0.15, -0.1) is 0 Å². The van der Waals surface area contributed by atoms with Crippen LogP contribution in [0, 0.1) is 11.8 Å². The minimum atomic E-state index is 0.208. The van der Waals surface area contributed by atoms with Gasteiger partial charge >= 0.3 is 0 Å². The largest absolute Gasteiger partial charge is 0.234 e. The zero-order valence-electron chi connectivity index (χ0n) is 8.43. The molecule has 0 amide bonds. The van der Waals surface area contributed by atoms with E-state index in [-0.39, 0.29) is 11.8 Å². The molecule has 4 nitrogen and oxygen atoms in total. The topological polar surface area (TPSA) is 58.9 Å². The van der Waals surface area contributed by atoms with Crippen molar-refractivity contribution >= 4 is 12.2 Å². The van der Waals surface area contributed by atoms with Gasteiger partial charge in [0, 0.05) is 0 Å². The first kappa shape index (κ1) is 12.5. The van der Waals surface area contributed by atoms with Crippen molar-refractivity contribution in [3.8, 4) is 0 Å². The van der Waals surface area contributed by atoms with Gasteiger partial charge in [0.05, 0.1) is 13.1 Å². The number of aliphatic imine (C=N–C) groups is 2. The highest BCUT2D eigenvalue weighted by Gasteiger charge is 1.97. The molecule has 0 rings (SSSR count). The summed E-state index contributed by atoms with van der Waals surface area (Å²) < 4.78 is 0. The van der Waals surface area contributed by atoms with Gasteiger partial charge in [0.25, 0.3) is 0 Å². The highest BCUT2D eigenvalue weighted by Crippen LogP contribution is 2.03. The molecular formula is C10H14N2O2. The molecule has 0 aromatic rings. The van der Waals surface area contributed by atoms with Crippen LogP contribution in [0.1, 0.15) is 13.8 Å². The summed E-state index contributed by atoms with van der Waals surface area (Å²) in [7, 11) is 0. The molecule has 0 aliphatic heterocycles. The van der Waals surface area contributed by atoms with Gasteiger partial charge in [0.15, 0.2) is 0 Å². The standard InChI is InChI=1S/C10H14N2O2/c1-9(5-11-7-13)3-4-10(2)6-12-8-14/h3-4,9-10H,5-6H2,1-2H3/b4-3+. The molecule has 0 N–H and O–H groups in total. The second-order valence-electron chi connectivity index (χ2n) is 3.20. The van der Waals surface area contributed by atoms with Crippen LogP contribution in [0.2, 0.25) is 0 Å². The Bertz CT molecular complexity index is 246. The van der Waals surface area contributed by atoms with E-state index >= 15 is 0 Å². The molecule has 0 saturated carbocycles. The molecule has 76 valence electrons. The van der Waals surface area contributed by atoms with E-state index in [9.17, 15) is 9.59 Å². The third-order valence-corrected chi connectivity index (χ3v) is 1.66. The van der Waals surface area contributed by atoms with E-state index in [0.717, 1.165) is 0 Å². The lowest BCUT2D eigenvalue weighted by molar-refractivity contribution is 0.559. The van der Waals surface area contributed by atoms with E-state index in [1.165, 1.54) is 12.2 Å². The van der Waals surface area contributed by atoms with Crippen molar-refractivity contribution < 1.29 is 9.59 Å². The molecule has 0 bridgehead atoms. The molecule has 4 heteroatoms. The Labute approximate surface area is 83.4 Å². The first-order chi connectivity index (χ1) is 6.70. The fourth-order valence-corrected chi connectivity index (χ4v) is 0.864. The van der Waals surface area contributed by atoms with Crippen LogP contribution in [-0.2, 0) is 9.59 Å². The molecule has 0 saturated heterocycles. The summed E-state index contributed by atoms with van der Waals surface area (Å²) in [6.45, 7) is 4.80. The predicted molar refractivity (Wildman–Crippen MR) is 53.4 cm³/mol. The van der Waals surface area contributed by atoms with Crippen molar-refractivity contribution in [1.82, 2.24) is 0 Å². The number of hydrogen-bond acceptors (Lipinski definition) is 4. The lowest BCUT2D eigenvalue weighted by Crippen LogP contribution is -1.98. The molecule has 2 unspecified atom stereocenters. The summed E-state index contributed by atoms with van der Waals surface area (Å²) in [6.07, 6.45) is 6.88. The molecule has 2 atom stereocenters. The quantitative estimate of drug-likeness (QED) is 0.365. The van der Waals surface area contributed by atoms with Crippen molar-refractivity contribution in [1.29, 1.82) is 0 Å². The summed E-state index contributed by atoms with van der Waals surface area (Å²) in [5.74, 6) is 0.415. The maximum atomic E-state index is 9.82. The Balaban J connectivity index is 3.88. The Hall–Kier alpha value is -1.50. The van der Waals surface area contributed by atoms with E-state index in [2.05, 4.69) is 9.98 Å². The minimum Gasteiger partial charge on any atom is -0.211 e. The summed E-state index contributed by atoms with van der Waals surface area (Å²) in [6, 6.07) is 0. The molecule has 0 fully saturated rings. The van der Waals surface area contributed by atoms with E-state index < -0.39 is 0 Å². The first-order valence-corrected chi connectivity index (χ1v) is 4.46. The molecule has 0 heterocycles. The average Bonchev–Trinajstić information content (AvgIpc) is 2.20. The summed E-state index contributed by atoms with van der Waals surface area (Å²) in [5.41, 5.74) is 0. The molecule has 0 radical (unpaired) electrons. The third kappa shape index (κ3) is 7.17. The van der Waals surface area contributed by atoms with Crippen molar-refractivity contribution in [3.05, 3.63) is 12.2 Å². The Morgan fingerprint density at radius 1 is 1.00 bits per heavy atom. The monoisotopic (exact) mass is 194 g/mol. The first-order valence-electron chi connectivity index (χ1n) is 4.46. The van der Waals surface area contributed by atoms with Gasteiger partial charge in [-0.2, -0.15) is 0 Å². The van der Waals surface area contributed by atoms with Crippen molar-refractivity contribution in [2.75, 3.05) is 13.1 Å². The van der Waals surface area contributed by atoms with Crippen LogP contribution in [0.15, 0.2) is 22.1 Å². The Morgan fingerprint density at radius 2 is 1.36 bits per heavy atom. The van der Waals surface area contributed by atoms with Crippen molar-refractivity contribution in [2.45, 2.75) is 13.8 Å². The van der Waals surface area contributed by atoms with Crippen LogP contribution in [0.5, 0.6) is 0 Å². The van der Waals surface area contributed by atoms with Gasteiger partial charge in [-0.25, -0.2) is 19.6 Å². The number of hydrogen-bond donors (Lipinski definition) is 0. The maximum absolute atomic E-state index is 9.82. The van der Waals surface area contributed by atoms with Crippen LogP contribution in [0.3, 0.4) is 0 Å². The molecular weight excluding hydrogens is 180 g/mol.